The van der Waals surface area contributed by atoms with Gasteiger partial charge in [0, 0.05) is 13.1 Å². The predicted molar refractivity (Wildman–Crippen MR) is 91.3 cm³/mol. The molecule has 0 spiro atoms. The van der Waals surface area contributed by atoms with E-state index in [1.54, 1.807) is 25.1 Å². The predicted octanol–water partition coefficient (Wildman–Crippen LogP) is 2.89. The number of aliphatic carboxylic acids is 1. The fourth-order valence-corrected chi connectivity index (χ4v) is 2.60. The van der Waals surface area contributed by atoms with Crippen LogP contribution >= 0.6 is 0 Å². The lowest BCUT2D eigenvalue weighted by Gasteiger charge is -2.24. The van der Waals surface area contributed by atoms with Crippen molar-refractivity contribution >= 4 is 11.9 Å². The smallest absolute Gasteiger partial charge is 0.305 e. The second-order valence-corrected chi connectivity index (χ2v) is 6.30. The summed E-state index contributed by atoms with van der Waals surface area (Å²) < 4.78 is 15.4. The van der Waals surface area contributed by atoms with Crippen LogP contribution in [0, 0.1) is 18.7 Å². The van der Waals surface area contributed by atoms with Gasteiger partial charge in [-0.1, -0.05) is 26.0 Å². The van der Waals surface area contributed by atoms with Crippen molar-refractivity contribution in [3.05, 3.63) is 47.5 Å². The molecular weight excluding hydrogens is 325 g/mol. The van der Waals surface area contributed by atoms with Gasteiger partial charge in [-0.2, -0.15) is 5.10 Å². The van der Waals surface area contributed by atoms with Crippen LogP contribution in [-0.4, -0.2) is 44.8 Å². The maximum absolute atomic E-state index is 14.0. The largest absolute Gasteiger partial charge is 0.481 e. The lowest BCUT2D eigenvalue weighted by Crippen LogP contribution is -2.36. The van der Waals surface area contributed by atoms with Crippen LogP contribution in [0.5, 0.6) is 0 Å². The Labute approximate surface area is 145 Å². The molecule has 0 fully saturated rings. The van der Waals surface area contributed by atoms with Crippen LogP contribution in [0.4, 0.5) is 4.39 Å². The lowest BCUT2D eigenvalue weighted by molar-refractivity contribution is -0.137. The van der Waals surface area contributed by atoms with E-state index in [9.17, 15) is 14.0 Å². The van der Waals surface area contributed by atoms with E-state index in [0.29, 0.717) is 17.8 Å². The number of hydrogen-bond acceptors (Lipinski definition) is 3. The number of carbonyl (C=O) groups excluding carboxylic acids is 1. The number of halogens is 1. The van der Waals surface area contributed by atoms with E-state index in [4.69, 9.17) is 5.11 Å². The summed E-state index contributed by atoms with van der Waals surface area (Å²) in [5, 5.41) is 13.0. The molecule has 0 aliphatic carbocycles. The number of hydrogen-bond donors (Lipinski definition) is 1. The molecule has 2 rings (SSSR count). The molecule has 2 aromatic rings. The number of benzene rings is 1. The number of rotatable bonds is 7. The number of carboxylic acid groups (broad SMARTS) is 1. The van der Waals surface area contributed by atoms with Crippen molar-refractivity contribution in [1.82, 2.24) is 14.7 Å². The average molecular weight is 347 g/mol. The molecule has 1 amide bonds. The van der Waals surface area contributed by atoms with E-state index in [0.717, 1.165) is 0 Å². The molecule has 1 aromatic carbocycles. The highest BCUT2D eigenvalue weighted by molar-refractivity contribution is 5.95. The highest BCUT2D eigenvalue weighted by Gasteiger charge is 2.23. The first-order valence-corrected chi connectivity index (χ1v) is 8.11. The molecule has 0 bridgehead atoms. The summed E-state index contributed by atoms with van der Waals surface area (Å²) in [5.41, 5.74) is 1.12. The van der Waals surface area contributed by atoms with Crippen LogP contribution in [0.15, 0.2) is 30.5 Å². The highest BCUT2D eigenvalue weighted by Crippen LogP contribution is 2.19. The van der Waals surface area contributed by atoms with E-state index >= 15 is 0 Å². The molecule has 25 heavy (non-hydrogen) atoms. The van der Waals surface area contributed by atoms with Crippen molar-refractivity contribution in [2.75, 3.05) is 13.1 Å². The van der Waals surface area contributed by atoms with Crippen molar-refractivity contribution in [3.8, 4) is 5.69 Å². The summed E-state index contributed by atoms with van der Waals surface area (Å²) in [6.45, 7) is 6.16. The average Bonchev–Trinajstić information content (AvgIpc) is 2.92. The third kappa shape index (κ3) is 4.43. The van der Waals surface area contributed by atoms with Gasteiger partial charge in [0.1, 0.15) is 11.5 Å². The third-order valence-electron chi connectivity index (χ3n) is 3.79. The maximum atomic E-state index is 14.0. The van der Waals surface area contributed by atoms with Crippen LogP contribution in [0.1, 0.15) is 36.3 Å². The van der Waals surface area contributed by atoms with Crippen molar-refractivity contribution in [2.24, 2.45) is 5.92 Å². The molecular formula is C18H22FN3O3. The minimum atomic E-state index is -0.958. The minimum absolute atomic E-state index is 0.122. The van der Waals surface area contributed by atoms with Gasteiger partial charge in [-0.15, -0.1) is 0 Å². The standard InChI is InChI=1S/C18H22FN3O3/c1-12(2)11-21(9-8-17(23)24)18(25)14-10-20-22(13(14)3)16-7-5-4-6-15(16)19/h4-7,10,12H,8-9,11H2,1-3H3,(H,23,24). The van der Waals surface area contributed by atoms with E-state index in [1.165, 1.54) is 21.8 Å². The summed E-state index contributed by atoms with van der Waals surface area (Å²) in [4.78, 5) is 25.2. The van der Waals surface area contributed by atoms with Gasteiger partial charge < -0.3 is 10.0 Å². The first-order chi connectivity index (χ1) is 11.8. The molecule has 0 saturated heterocycles. The molecule has 0 radical (unpaired) electrons. The molecule has 134 valence electrons. The fraction of sp³-hybridized carbons (Fsp3) is 0.389. The third-order valence-corrected chi connectivity index (χ3v) is 3.79. The highest BCUT2D eigenvalue weighted by atomic mass is 19.1. The Kier molecular flexibility index (Phi) is 5.90. The SMILES string of the molecule is Cc1c(C(=O)N(CCC(=O)O)CC(C)C)cnn1-c1ccccc1F. The molecule has 0 unspecified atom stereocenters. The monoisotopic (exact) mass is 347 g/mol. The van der Waals surface area contributed by atoms with Crippen molar-refractivity contribution in [2.45, 2.75) is 27.2 Å². The topological polar surface area (TPSA) is 75.4 Å². The number of carboxylic acids is 1. The van der Waals surface area contributed by atoms with E-state index in [2.05, 4.69) is 5.10 Å². The van der Waals surface area contributed by atoms with Crippen LogP contribution in [0.25, 0.3) is 5.69 Å². The van der Waals surface area contributed by atoms with Crippen LogP contribution in [-0.2, 0) is 4.79 Å². The molecule has 1 N–H and O–H groups in total. The first kappa shape index (κ1) is 18.6. The second kappa shape index (κ2) is 7.92. The van der Waals surface area contributed by atoms with Gasteiger partial charge in [0.2, 0.25) is 0 Å². The molecule has 0 aliphatic heterocycles. The lowest BCUT2D eigenvalue weighted by atomic mass is 10.1. The van der Waals surface area contributed by atoms with E-state index < -0.39 is 11.8 Å². The van der Waals surface area contributed by atoms with Crippen molar-refractivity contribution in [1.29, 1.82) is 0 Å². The van der Waals surface area contributed by atoms with Crippen molar-refractivity contribution in [3.63, 3.8) is 0 Å². The summed E-state index contributed by atoms with van der Waals surface area (Å²) in [6, 6.07) is 6.19. The normalized spacial score (nSPS) is 10.9. The Balaban J connectivity index is 2.31. The van der Waals surface area contributed by atoms with Gasteiger partial charge >= 0.3 is 5.97 Å². The number of aromatic nitrogens is 2. The molecule has 1 heterocycles. The van der Waals surface area contributed by atoms with Gasteiger partial charge in [0.15, 0.2) is 0 Å². The zero-order valence-corrected chi connectivity index (χ0v) is 14.6. The Morgan fingerprint density at radius 2 is 2.00 bits per heavy atom. The first-order valence-electron chi connectivity index (χ1n) is 8.11. The maximum Gasteiger partial charge on any atom is 0.305 e. The van der Waals surface area contributed by atoms with E-state index in [1.807, 2.05) is 13.8 Å². The van der Waals surface area contributed by atoms with Gasteiger partial charge in [-0.25, -0.2) is 9.07 Å². The Morgan fingerprint density at radius 3 is 2.60 bits per heavy atom. The van der Waals surface area contributed by atoms with E-state index in [-0.39, 0.29) is 30.5 Å². The number of nitrogens with zero attached hydrogens (tertiary/aromatic N) is 3. The van der Waals surface area contributed by atoms with Gasteiger partial charge in [-0.3, -0.25) is 9.59 Å². The van der Waals surface area contributed by atoms with Gasteiger partial charge in [0.25, 0.3) is 5.91 Å². The summed E-state index contributed by atoms with van der Waals surface area (Å²) in [7, 11) is 0. The molecule has 1 aromatic heterocycles. The number of amides is 1. The van der Waals surface area contributed by atoms with Crippen LogP contribution in [0.3, 0.4) is 0 Å². The number of para-hydroxylation sites is 1. The Bertz CT molecular complexity index is 771. The zero-order chi connectivity index (χ0) is 18.6. The Morgan fingerprint density at radius 1 is 1.32 bits per heavy atom. The molecule has 7 heteroatoms. The quantitative estimate of drug-likeness (QED) is 0.836. The Hall–Kier alpha value is -2.70. The van der Waals surface area contributed by atoms with Gasteiger partial charge in [-0.05, 0) is 25.0 Å². The zero-order valence-electron chi connectivity index (χ0n) is 14.6. The summed E-state index contributed by atoms with van der Waals surface area (Å²) in [5.74, 6) is -1.49. The minimum Gasteiger partial charge on any atom is -0.481 e. The fourth-order valence-electron chi connectivity index (χ4n) is 2.60. The van der Waals surface area contributed by atoms with Crippen LogP contribution in [0.2, 0.25) is 0 Å². The van der Waals surface area contributed by atoms with Crippen molar-refractivity contribution < 1.29 is 19.1 Å². The molecule has 0 aliphatic rings. The molecule has 0 atom stereocenters. The summed E-state index contributed by atoms with van der Waals surface area (Å²) >= 11 is 0. The second-order valence-electron chi connectivity index (χ2n) is 6.30. The summed E-state index contributed by atoms with van der Waals surface area (Å²) in [6.07, 6.45) is 1.27. The molecule has 0 saturated carbocycles. The molecule has 6 nitrogen and oxygen atoms in total. The van der Waals surface area contributed by atoms with Gasteiger partial charge in [0.05, 0.1) is 23.9 Å². The number of carbonyl (C=O) groups is 2. The van der Waals surface area contributed by atoms with Crippen LogP contribution < -0.4 is 0 Å².